The Hall–Kier alpha value is -0.340. The number of carbonyl (C=O) groups excluding carboxylic acids is 1. The Morgan fingerprint density at radius 2 is 2.08 bits per heavy atom. The molecular weight excluding hydrogens is 186 g/mol. The van der Waals surface area contributed by atoms with Gasteiger partial charge < -0.3 is 0 Å². The largest absolute Gasteiger partial charge is 0.293 e. The van der Waals surface area contributed by atoms with E-state index in [1.165, 1.54) is 5.57 Å². The summed E-state index contributed by atoms with van der Waals surface area (Å²) in [6.45, 7) is 7.11. The summed E-state index contributed by atoms with van der Waals surface area (Å²) in [4.78, 5) is 13.7. The first kappa shape index (κ1) is 12.7. The van der Waals surface area contributed by atoms with E-state index in [0.717, 1.165) is 6.54 Å². The highest BCUT2D eigenvalue weighted by Gasteiger charge is 2.28. The Morgan fingerprint density at radius 3 is 2.46 bits per heavy atom. The van der Waals surface area contributed by atoms with E-state index in [-0.39, 0.29) is 24.2 Å². The number of hydrogen-bond donors (Lipinski definition) is 0. The van der Waals surface area contributed by atoms with E-state index < -0.39 is 0 Å². The summed E-state index contributed by atoms with van der Waals surface area (Å²) in [5, 5.41) is 0. The summed E-state index contributed by atoms with van der Waals surface area (Å²) < 4.78 is 0. The molecule has 0 aromatic carbocycles. The second kappa shape index (κ2) is 4.77. The Kier molecular flexibility index (Phi) is 4.65. The molecule has 0 radical (unpaired) electrons. The van der Waals surface area contributed by atoms with Gasteiger partial charge in [-0.3, -0.25) is 9.69 Å². The zero-order chi connectivity index (χ0) is 9.30. The van der Waals surface area contributed by atoms with Crippen molar-refractivity contribution in [3.8, 4) is 0 Å². The fraction of sp³-hybridized carbons (Fsp3) is 0.700. The van der Waals surface area contributed by atoms with E-state index in [0.29, 0.717) is 5.92 Å². The molecule has 0 saturated heterocycles. The normalized spacial score (nSPS) is 24.2. The van der Waals surface area contributed by atoms with Crippen molar-refractivity contribution in [2.24, 2.45) is 5.92 Å². The van der Waals surface area contributed by atoms with Gasteiger partial charge in [0.2, 0.25) is 0 Å². The first-order chi connectivity index (χ1) is 5.52. The molecule has 1 atom stereocenters. The molecule has 0 N–H and O–H groups in total. The predicted octanol–water partition coefficient (Wildman–Crippen LogP) is 1.89. The first-order valence-electron chi connectivity index (χ1n) is 4.43. The fourth-order valence-corrected chi connectivity index (χ4v) is 1.92. The van der Waals surface area contributed by atoms with Crippen LogP contribution in [0.5, 0.6) is 0 Å². The molecule has 0 aliphatic carbocycles. The predicted molar refractivity (Wildman–Crippen MR) is 57.3 cm³/mol. The van der Waals surface area contributed by atoms with Crippen molar-refractivity contribution in [1.29, 1.82) is 0 Å². The number of halogens is 1. The lowest BCUT2D eigenvalue weighted by Gasteiger charge is -2.32. The third kappa shape index (κ3) is 2.82. The Balaban J connectivity index is 0.00000144. The Labute approximate surface area is 86.4 Å². The van der Waals surface area contributed by atoms with E-state index in [1.807, 2.05) is 14.0 Å². The van der Waals surface area contributed by atoms with Gasteiger partial charge in [0.25, 0.3) is 0 Å². The van der Waals surface area contributed by atoms with Gasteiger partial charge in [-0.25, -0.2) is 0 Å². The van der Waals surface area contributed by atoms with E-state index in [2.05, 4.69) is 18.7 Å². The fourth-order valence-electron chi connectivity index (χ4n) is 1.92. The molecule has 0 fully saturated rings. The van der Waals surface area contributed by atoms with E-state index >= 15 is 0 Å². The Bertz CT molecular complexity index is 223. The van der Waals surface area contributed by atoms with Gasteiger partial charge in [0, 0.05) is 6.54 Å². The molecule has 1 heterocycles. The summed E-state index contributed by atoms with van der Waals surface area (Å²) in [5.41, 5.74) is 1.17. The standard InChI is InChI=1S/C10H17NO.ClH/c1-7(2)10-9(12)5-8(3)6-11(10)4;/h5,7,10H,6H2,1-4H3;1H. The molecule has 0 spiro atoms. The first-order valence-corrected chi connectivity index (χ1v) is 4.43. The lowest BCUT2D eigenvalue weighted by atomic mass is 9.93. The summed E-state index contributed by atoms with van der Waals surface area (Å²) in [7, 11) is 2.01. The molecule has 0 aromatic rings. The van der Waals surface area contributed by atoms with Crippen LogP contribution in [0.2, 0.25) is 0 Å². The molecule has 1 rings (SSSR count). The van der Waals surface area contributed by atoms with Gasteiger partial charge >= 0.3 is 0 Å². The maximum absolute atomic E-state index is 11.5. The van der Waals surface area contributed by atoms with Crippen LogP contribution in [0, 0.1) is 5.92 Å². The summed E-state index contributed by atoms with van der Waals surface area (Å²) in [6, 6.07) is 0.0914. The molecule has 3 heteroatoms. The van der Waals surface area contributed by atoms with Crippen LogP contribution in [0.3, 0.4) is 0 Å². The summed E-state index contributed by atoms with van der Waals surface area (Å²) in [5.74, 6) is 0.670. The van der Waals surface area contributed by atoms with Gasteiger partial charge in [0.05, 0.1) is 6.04 Å². The Morgan fingerprint density at radius 1 is 1.54 bits per heavy atom. The highest BCUT2D eigenvalue weighted by Crippen LogP contribution is 2.17. The van der Waals surface area contributed by atoms with Crippen LogP contribution in [0.4, 0.5) is 0 Å². The van der Waals surface area contributed by atoms with Gasteiger partial charge in [0.15, 0.2) is 5.78 Å². The number of ketones is 1. The molecule has 13 heavy (non-hydrogen) atoms. The van der Waals surface area contributed by atoms with Gasteiger partial charge in [-0.15, -0.1) is 12.4 Å². The number of likely N-dealkylation sites (N-methyl/N-ethyl adjacent to an activating group) is 1. The van der Waals surface area contributed by atoms with Gasteiger partial charge in [-0.05, 0) is 26.0 Å². The van der Waals surface area contributed by atoms with Crippen LogP contribution in [-0.2, 0) is 4.79 Å². The molecule has 1 unspecified atom stereocenters. The molecule has 2 nitrogen and oxygen atoms in total. The SMILES string of the molecule is CC1=CC(=O)C(C(C)C)N(C)C1.Cl. The van der Waals surface area contributed by atoms with Crippen molar-refractivity contribution in [2.45, 2.75) is 26.8 Å². The van der Waals surface area contributed by atoms with Crippen LogP contribution in [0.25, 0.3) is 0 Å². The maximum atomic E-state index is 11.5. The maximum Gasteiger partial charge on any atom is 0.173 e. The van der Waals surface area contributed by atoms with Crippen molar-refractivity contribution >= 4 is 18.2 Å². The van der Waals surface area contributed by atoms with Crippen LogP contribution in [0.15, 0.2) is 11.6 Å². The minimum Gasteiger partial charge on any atom is -0.293 e. The van der Waals surface area contributed by atoms with Crippen LogP contribution >= 0.6 is 12.4 Å². The number of hydrogen-bond acceptors (Lipinski definition) is 2. The number of carbonyl (C=O) groups is 1. The summed E-state index contributed by atoms with van der Waals surface area (Å²) in [6.07, 6.45) is 1.78. The molecule has 1 aliphatic heterocycles. The van der Waals surface area contributed by atoms with E-state index in [9.17, 15) is 4.79 Å². The second-order valence-corrected chi connectivity index (χ2v) is 4.00. The zero-order valence-electron chi connectivity index (χ0n) is 8.70. The zero-order valence-corrected chi connectivity index (χ0v) is 9.52. The average molecular weight is 204 g/mol. The molecule has 1 aliphatic rings. The second-order valence-electron chi connectivity index (χ2n) is 4.00. The quantitative estimate of drug-likeness (QED) is 0.649. The highest BCUT2D eigenvalue weighted by molar-refractivity contribution is 5.95. The van der Waals surface area contributed by atoms with Crippen molar-refractivity contribution in [1.82, 2.24) is 4.90 Å². The topological polar surface area (TPSA) is 20.3 Å². The minimum atomic E-state index is 0. The lowest BCUT2D eigenvalue weighted by molar-refractivity contribution is -0.121. The van der Waals surface area contributed by atoms with Gasteiger partial charge in [0.1, 0.15) is 0 Å². The van der Waals surface area contributed by atoms with E-state index in [4.69, 9.17) is 0 Å². The molecule has 0 aromatic heterocycles. The van der Waals surface area contributed by atoms with Gasteiger partial charge in [-0.2, -0.15) is 0 Å². The molecule has 0 amide bonds. The van der Waals surface area contributed by atoms with Crippen molar-refractivity contribution < 1.29 is 4.79 Å². The minimum absolute atomic E-state index is 0. The monoisotopic (exact) mass is 203 g/mol. The van der Waals surface area contributed by atoms with Crippen molar-refractivity contribution in [3.05, 3.63) is 11.6 Å². The highest BCUT2D eigenvalue weighted by atomic mass is 35.5. The van der Waals surface area contributed by atoms with Crippen LogP contribution in [-0.4, -0.2) is 30.3 Å². The third-order valence-electron chi connectivity index (χ3n) is 2.29. The van der Waals surface area contributed by atoms with Crippen molar-refractivity contribution in [3.63, 3.8) is 0 Å². The van der Waals surface area contributed by atoms with E-state index in [1.54, 1.807) is 6.08 Å². The molecule has 76 valence electrons. The molecule has 0 bridgehead atoms. The van der Waals surface area contributed by atoms with Crippen LogP contribution in [0.1, 0.15) is 20.8 Å². The van der Waals surface area contributed by atoms with Crippen molar-refractivity contribution in [2.75, 3.05) is 13.6 Å². The lowest BCUT2D eigenvalue weighted by Crippen LogP contribution is -2.45. The van der Waals surface area contributed by atoms with Gasteiger partial charge in [-0.1, -0.05) is 19.4 Å². The van der Waals surface area contributed by atoms with Crippen LogP contribution < -0.4 is 0 Å². The summed E-state index contributed by atoms with van der Waals surface area (Å²) >= 11 is 0. The smallest absolute Gasteiger partial charge is 0.173 e. The molecular formula is C10H18ClNO. The molecule has 0 saturated carbocycles. The average Bonchev–Trinajstić information content (AvgIpc) is 1.82. The number of nitrogens with zero attached hydrogens (tertiary/aromatic N) is 1. The third-order valence-corrected chi connectivity index (χ3v) is 2.29. The number of rotatable bonds is 1.